The van der Waals surface area contributed by atoms with Crippen molar-refractivity contribution >= 4 is 5.69 Å². The lowest BCUT2D eigenvalue weighted by Gasteiger charge is -2.49. The van der Waals surface area contributed by atoms with Gasteiger partial charge >= 0.3 is 0 Å². The van der Waals surface area contributed by atoms with E-state index in [9.17, 15) is 0 Å². The Kier molecular flexibility index (Phi) is 4.26. The number of rotatable bonds is 3. The Hall–Kier alpha value is -1.02. The molecule has 1 N–H and O–H groups in total. The zero-order valence-electron chi connectivity index (χ0n) is 14.0. The van der Waals surface area contributed by atoms with Gasteiger partial charge in [-0.1, -0.05) is 18.6 Å². The summed E-state index contributed by atoms with van der Waals surface area (Å²) in [5, 5.41) is 3.92. The van der Waals surface area contributed by atoms with Crippen LogP contribution in [0, 0.1) is 25.7 Å². The smallest absolute Gasteiger partial charge is 0.0374 e. The third-order valence-electron chi connectivity index (χ3n) is 5.55. The average molecular weight is 286 g/mol. The van der Waals surface area contributed by atoms with Gasteiger partial charge in [-0.15, -0.1) is 0 Å². The third-order valence-corrected chi connectivity index (χ3v) is 5.55. The van der Waals surface area contributed by atoms with Gasteiger partial charge in [0, 0.05) is 30.9 Å². The van der Waals surface area contributed by atoms with E-state index in [4.69, 9.17) is 0 Å². The topological polar surface area (TPSA) is 15.3 Å². The second-order valence-corrected chi connectivity index (χ2v) is 7.49. The van der Waals surface area contributed by atoms with Gasteiger partial charge < -0.3 is 10.2 Å². The molecule has 2 heteroatoms. The first-order valence-electron chi connectivity index (χ1n) is 8.62. The highest BCUT2D eigenvalue weighted by Crippen LogP contribution is 2.37. The molecular formula is C19H30N2. The SMILES string of the molecule is Cc1ccc(C)c(NC2C3CCCC2CN(C(C)C)C3)c1. The molecule has 2 aliphatic rings. The molecule has 1 aromatic rings. The van der Waals surface area contributed by atoms with Crippen molar-refractivity contribution in [3.05, 3.63) is 29.3 Å². The van der Waals surface area contributed by atoms with Crippen molar-refractivity contribution in [2.24, 2.45) is 11.8 Å². The van der Waals surface area contributed by atoms with E-state index in [2.05, 4.69) is 56.1 Å². The van der Waals surface area contributed by atoms with Crippen molar-refractivity contribution < 1.29 is 0 Å². The van der Waals surface area contributed by atoms with Crippen molar-refractivity contribution in [2.45, 2.75) is 59.0 Å². The van der Waals surface area contributed by atoms with E-state index in [-0.39, 0.29) is 0 Å². The highest BCUT2D eigenvalue weighted by Gasteiger charge is 2.40. The molecule has 21 heavy (non-hydrogen) atoms. The maximum atomic E-state index is 3.92. The lowest BCUT2D eigenvalue weighted by atomic mass is 9.73. The maximum absolute atomic E-state index is 3.92. The van der Waals surface area contributed by atoms with Gasteiger partial charge in [-0.3, -0.25) is 0 Å². The summed E-state index contributed by atoms with van der Waals surface area (Å²) >= 11 is 0. The number of hydrogen-bond donors (Lipinski definition) is 1. The number of likely N-dealkylation sites (tertiary alicyclic amines) is 1. The Morgan fingerprint density at radius 1 is 1.10 bits per heavy atom. The number of fused-ring (bicyclic) bond motifs is 2. The van der Waals surface area contributed by atoms with Crippen molar-refractivity contribution in [3.63, 3.8) is 0 Å². The van der Waals surface area contributed by atoms with E-state index >= 15 is 0 Å². The predicted molar refractivity (Wildman–Crippen MR) is 90.9 cm³/mol. The predicted octanol–water partition coefficient (Wildman–Crippen LogP) is 4.22. The van der Waals surface area contributed by atoms with Gasteiger partial charge in [0.05, 0.1) is 0 Å². The second kappa shape index (κ2) is 6.00. The molecule has 0 aromatic heterocycles. The molecule has 116 valence electrons. The minimum absolute atomic E-state index is 0.675. The Morgan fingerprint density at radius 3 is 2.38 bits per heavy atom. The number of anilines is 1. The summed E-state index contributed by atoms with van der Waals surface area (Å²) in [6, 6.07) is 8.14. The van der Waals surface area contributed by atoms with Crippen LogP contribution in [-0.4, -0.2) is 30.1 Å². The number of piperidine rings is 1. The van der Waals surface area contributed by atoms with Gasteiger partial charge in [-0.25, -0.2) is 0 Å². The summed E-state index contributed by atoms with van der Waals surface area (Å²) in [5.74, 6) is 1.64. The van der Waals surface area contributed by atoms with E-state index < -0.39 is 0 Å². The van der Waals surface area contributed by atoms with Gasteiger partial charge in [-0.05, 0) is 69.6 Å². The first kappa shape index (κ1) is 14.9. The van der Waals surface area contributed by atoms with Crippen LogP contribution < -0.4 is 5.32 Å². The molecular weight excluding hydrogens is 256 g/mol. The first-order valence-corrected chi connectivity index (χ1v) is 8.62. The van der Waals surface area contributed by atoms with Crippen molar-refractivity contribution in [1.29, 1.82) is 0 Å². The van der Waals surface area contributed by atoms with Crippen LogP contribution in [-0.2, 0) is 0 Å². The minimum atomic E-state index is 0.675. The Morgan fingerprint density at radius 2 is 1.76 bits per heavy atom. The lowest BCUT2D eigenvalue weighted by molar-refractivity contribution is 0.0518. The Bertz CT molecular complexity index is 480. The van der Waals surface area contributed by atoms with Gasteiger partial charge in [0.2, 0.25) is 0 Å². The zero-order chi connectivity index (χ0) is 15.0. The van der Waals surface area contributed by atoms with Crippen molar-refractivity contribution in [3.8, 4) is 0 Å². The maximum Gasteiger partial charge on any atom is 0.0374 e. The van der Waals surface area contributed by atoms with Crippen molar-refractivity contribution in [1.82, 2.24) is 4.90 Å². The number of nitrogens with one attached hydrogen (secondary N) is 1. The van der Waals surface area contributed by atoms with Gasteiger partial charge in [0.1, 0.15) is 0 Å². The molecule has 1 heterocycles. The Balaban J connectivity index is 1.78. The molecule has 3 rings (SSSR count). The quantitative estimate of drug-likeness (QED) is 0.895. The molecule has 1 aliphatic carbocycles. The standard InChI is InChI=1S/C19H30N2/c1-13(2)21-11-16-6-5-7-17(12-21)19(16)20-18-10-14(3)8-9-15(18)4/h8-10,13,16-17,19-20H,5-7,11-12H2,1-4H3. The zero-order valence-corrected chi connectivity index (χ0v) is 14.0. The van der Waals surface area contributed by atoms with Crippen LogP contribution in [0.3, 0.4) is 0 Å². The van der Waals surface area contributed by atoms with Crippen LogP contribution in [0.5, 0.6) is 0 Å². The van der Waals surface area contributed by atoms with E-state index in [1.807, 2.05) is 0 Å². The highest BCUT2D eigenvalue weighted by atomic mass is 15.2. The van der Waals surface area contributed by atoms with Crippen LogP contribution >= 0.6 is 0 Å². The fourth-order valence-electron chi connectivity index (χ4n) is 4.20. The molecule has 2 fully saturated rings. The van der Waals surface area contributed by atoms with Gasteiger partial charge in [0.25, 0.3) is 0 Å². The van der Waals surface area contributed by atoms with E-state index in [1.165, 1.54) is 49.2 Å². The fraction of sp³-hybridized carbons (Fsp3) is 0.684. The molecule has 2 unspecified atom stereocenters. The average Bonchev–Trinajstić information content (AvgIpc) is 2.42. The highest BCUT2D eigenvalue weighted by molar-refractivity contribution is 5.53. The minimum Gasteiger partial charge on any atom is -0.381 e. The van der Waals surface area contributed by atoms with Crippen LogP contribution in [0.4, 0.5) is 5.69 Å². The number of nitrogens with zero attached hydrogens (tertiary/aromatic N) is 1. The largest absolute Gasteiger partial charge is 0.381 e. The number of benzene rings is 1. The van der Waals surface area contributed by atoms with E-state index in [0.717, 1.165) is 11.8 Å². The van der Waals surface area contributed by atoms with Crippen LogP contribution in [0.25, 0.3) is 0 Å². The summed E-state index contributed by atoms with van der Waals surface area (Å²) < 4.78 is 0. The molecule has 1 saturated carbocycles. The first-order chi connectivity index (χ1) is 10.0. The summed E-state index contributed by atoms with van der Waals surface area (Å²) in [6.45, 7) is 11.6. The van der Waals surface area contributed by atoms with E-state index in [0.29, 0.717) is 12.1 Å². The van der Waals surface area contributed by atoms with Gasteiger partial charge in [0.15, 0.2) is 0 Å². The number of aryl methyl sites for hydroxylation is 2. The summed E-state index contributed by atoms with van der Waals surface area (Å²) in [6.07, 6.45) is 4.21. The molecule has 2 nitrogen and oxygen atoms in total. The molecule has 2 atom stereocenters. The summed E-state index contributed by atoms with van der Waals surface area (Å²) in [5.41, 5.74) is 4.09. The monoisotopic (exact) mass is 286 g/mol. The molecule has 0 spiro atoms. The Labute approximate surface area is 129 Å². The lowest BCUT2D eigenvalue weighted by Crippen LogP contribution is -2.56. The van der Waals surface area contributed by atoms with Crippen LogP contribution in [0.15, 0.2) is 18.2 Å². The molecule has 0 radical (unpaired) electrons. The van der Waals surface area contributed by atoms with Crippen LogP contribution in [0.2, 0.25) is 0 Å². The fourth-order valence-corrected chi connectivity index (χ4v) is 4.20. The van der Waals surface area contributed by atoms with Crippen molar-refractivity contribution in [2.75, 3.05) is 18.4 Å². The molecule has 1 saturated heterocycles. The second-order valence-electron chi connectivity index (χ2n) is 7.49. The third kappa shape index (κ3) is 3.11. The molecule has 1 aromatic carbocycles. The van der Waals surface area contributed by atoms with E-state index in [1.54, 1.807) is 0 Å². The molecule has 1 aliphatic heterocycles. The molecule has 2 bridgehead atoms. The number of hydrogen-bond acceptors (Lipinski definition) is 2. The normalized spacial score (nSPS) is 29.7. The van der Waals surface area contributed by atoms with Crippen LogP contribution in [0.1, 0.15) is 44.2 Å². The molecule has 0 amide bonds. The summed E-state index contributed by atoms with van der Waals surface area (Å²) in [4.78, 5) is 2.69. The van der Waals surface area contributed by atoms with Gasteiger partial charge in [-0.2, -0.15) is 0 Å². The summed E-state index contributed by atoms with van der Waals surface area (Å²) in [7, 11) is 0.